The quantitative estimate of drug-likeness (QED) is 0.874. The van der Waals surface area contributed by atoms with E-state index in [9.17, 15) is 17.2 Å². The van der Waals surface area contributed by atoms with Crippen LogP contribution in [0, 0.1) is 18.6 Å². The lowest BCUT2D eigenvalue weighted by Crippen LogP contribution is -2.30. The standard InChI is InChI=1S/C14H15F2NO3S2/c1-9-6-7-13(21-9)12(20-2)8-17-22(18,19)14-10(15)4-3-5-11(14)16/h3-7,12,17H,8H2,1-2H3. The minimum absolute atomic E-state index is 0.118. The van der Waals surface area contributed by atoms with E-state index in [0.29, 0.717) is 0 Å². The molecular weight excluding hydrogens is 332 g/mol. The topological polar surface area (TPSA) is 55.4 Å². The van der Waals surface area contributed by atoms with Crippen molar-refractivity contribution >= 4 is 21.4 Å². The molecule has 0 aliphatic heterocycles. The van der Waals surface area contributed by atoms with Crippen molar-refractivity contribution in [2.75, 3.05) is 13.7 Å². The van der Waals surface area contributed by atoms with E-state index < -0.39 is 32.7 Å². The van der Waals surface area contributed by atoms with Crippen LogP contribution in [0.5, 0.6) is 0 Å². The Kier molecular flexibility index (Phi) is 5.28. The molecule has 0 amide bonds. The second-order valence-corrected chi connectivity index (χ2v) is 7.60. The molecule has 0 spiro atoms. The zero-order chi connectivity index (χ0) is 16.3. The highest BCUT2D eigenvalue weighted by atomic mass is 32.2. The van der Waals surface area contributed by atoms with Gasteiger partial charge in [-0.05, 0) is 31.2 Å². The van der Waals surface area contributed by atoms with Gasteiger partial charge in [0.15, 0.2) is 4.90 Å². The first-order valence-corrected chi connectivity index (χ1v) is 8.68. The van der Waals surface area contributed by atoms with Crippen LogP contribution in [-0.2, 0) is 14.8 Å². The van der Waals surface area contributed by atoms with Gasteiger partial charge in [-0.1, -0.05) is 6.07 Å². The molecule has 0 aliphatic rings. The van der Waals surface area contributed by atoms with Gasteiger partial charge in [-0.2, -0.15) is 0 Å². The van der Waals surface area contributed by atoms with Crippen LogP contribution in [0.4, 0.5) is 8.78 Å². The molecule has 1 atom stereocenters. The van der Waals surface area contributed by atoms with Crippen molar-refractivity contribution in [3.05, 3.63) is 51.7 Å². The molecule has 0 radical (unpaired) electrons. The minimum atomic E-state index is -4.30. The van der Waals surface area contributed by atoms with Crippen LogP contribution in [-0.4, -0.2) is 22.1 Å². The maximum absolute atomic E-state index is 13.6. The molecule has 1 aromatic heterocycles. The van der Waals surface area contributed by atoms with Gasteiger partial charge in [0.2, 0.25) is 10.0 Å². The van der Waals surface area contributed by atoms with Crippen LogP contribution < -0.4 is 4.72 Å². The van der Waals surface area contributed by atoms with Crippen molar-refractivity contribution in [1.82, 2.24) is 4.72 Å². The van der Waals surface area contributed by atoms with Gasteiger partial charge in [0.1, 0.15) is 17.7 Å². The third kappa shape index (κ3) is 3.70. The summed E-state index contributed by atoms with van der Waals surface area (Å²) in [6.07, 6.45) is -0.525. The molecule has 0 bridgehead atoms. The average Bonchev–Trinajstić information content (AvgIpc) is 2.85. The van der Waals surface area contributed by atoms with Crippen LogP contribution >= 0.6 is 11.3 Å². The molecule has 1 heterocycles. The molecule has 1 aromatic carbocycles. The van der Waals surface area contributed by atoms with Crippen molar-refractivity contribution in [3.8, 4) is 0 Å². The molecule has 0 aliphatic carbocycles. The minimum Gasteiger partial charge on any atom is -0.375 e. The number of sulfonamides is 1. The molecule has 2 aromatic rings. The molecular formula is C14H15F2NO3S2. The predicted octanol–water partition coefficient (Wildman–Crippen LogP) is 3.00. The first-order chi connectivity index (χ1) is 10.3. The van der Waals surface area contributed by atoms with Gasteiger partial charge in [0.05, 0.1) is 0 Å². The first kappa shape index (κ1) is 17.0. The highest BCUT2D eigenvalue weighted by molar-refractivity contribution is 7.89. The molecule has 22 heavy (non-hydrogen) atoms. The zero-order valence-corrected chi connectivity index (χ0v) is 13.6. The maximum Gasteiger partial charge on any atom is 0.246 e. The molecule has 1 N–H and O–H groups in total. The van der Waals surface area contributed by atoms with Gasteiger partial charge < -0.3 is 4.74 Å². The van der Waals surface area contributed by atoms with Crippen LogP contribution in [0.1, 0.15) is 15.9 Å². The first-order valence-electron chi connectivity index (χ1n) is 6.38. The fraction of sp³-hybridized carbons (Fsp3) is 0.286. The Bertz CT molecular complexity index is 739. The zero-order valence-electron chi connectivity index (χ0n) is 12.0. The number of rotatable bonds is 6. The van der Waals surface area contributed by atoms with Crippen molar-refractivity contribution in [2.45, 2.75) is 17.9 Å². The lowest BCUT2D eigenvalue weighted by Gasteiger charge is -2.15. The van der Waals surface area contributed by atoms with Crippen LogP contribution in [0.15, 0.2) is 35.2 Å². The van der Waals surface area contributed by atoms with Gasteiger partial charge >= 0.3 is 0 Å². The number of halogens is 2. The summed E-state index contributed by atoms with van der Waals surface area (Å²) in [5.41, 5.74) is 0. The maximum atomic E-state index is 13.6. The van der Waals surface area contributed by atoms with Crippen LogP contribution in [0.25, 0.3) is 0 Å². The van der Waals surface area contributed by atoms with E-state index >= 15 is 0 Å². The van der Waals surface area contributed by atoms with E-state index in [1.54, 1.807) is 0 Å². The largest absolute Gasteiger partial charge is 0.375 e. The van der Waals surface area contributed by atoms with E-state index in [1.165, 1.54) is 18.4 Å². The summed E-state index contributed by atoms with van der Waals surface area (Å²) in [5.74, 6) is -2.26. The molecule has 0 fully saturated rings. The lowest BCUT2D eigenvalue weighted by atomic mass is 10.3. The van der Waals surface area contributed by atoms with E-state index in [-0.39, 0.29) is 6.54 Å². The summed E-state index contributed by atoms with van der Waals surface area (Å²) in [4.78, 5) is 0.906. The number of hydrogen-bond acceptors (Lipinski definition) is 4. The molecule has 120 valence electrons. The Morgan fingerprint density at radius 1 is 1.23 bits per heavy atom. The predicted molar refractivity (Wildman–Crippen MR) is 80.4 cm³/mol. The summed E-state index contributed by atoms with van der Waals surface area (Å²) in [6.45, 7) is 1.80. The molecule has 4 nitrogen and oxygen atoms in total. The third-order valence-electron chi connectivity index (χ3n) is 3.01. The number of ether oxygens (including phenoxy) is 1. The molecule has 0 saturated carbocycles. The van der Waals surface area contributed by atoms with Gasteiger partial charge in [-0.15, -0.1) is 11.3 Å². The van der Waals surface area contributed by atoms with Crippen molar-refractivity contribution in [3.63, 3.8) is 0 Å². The van der Waals surface area contributed by atoms with Gasteiger partial charge in [0, 0.05) is 23.4 Å². The Labute approximate surface area is 131 Å². The van der Waals surface area contributed by atoms with Crippen molar-refractivity contribution in [1.29, 1.82) is 0 Å². The number of benzene rings is 1. The fourth-order valence-electron chi connectivity index (χ4n) is 1.92. The second kappa shape index (κ2) is 6.82. The highest BCUT2D eigenvalue weighted by Crippen LogP contribution is 2.25. The third-order valence-corrected chi connectivity index (χ3v) is 5.58. The Morgan fingerprint density at radius 2 is 1.86 bits per heavy atom. The summed E-state index contributed by atoms with van der Waals surface area (Å²) in [7, 11) is -2.86. The molecule has 0 saturated heterocycles. The summed E-state index contributed by atoms with van der Waals surface area (Å²) >= 11 is 1.47. The van der Waals surface area contributed by atoms with Crippen molar-refractivity contribution in [2.24, 2.45) is 0 Å². The van der Waals surface area contributed by atoms with Gasteiger partial charge in [0.25, 0.3) is 0 Å². The molecule has 8 heteroatoms. The second-order valence-electron chi connectivity index (χ2n) is 4.58. The number of hydrogen-bond donors (Lipinski definition) is 1. The summed E-state index contributed by atoms with van der Waals surface area (Å²) in [6, 6.07) is 6.61. The van der Waals surface area contributed by atoms with Gasteiger partial charge in [-0.3, -0.25) is 0 Å². The van der Waals surface area contributed by atoms with Gasteiger partial charge in [-0.25, -0.2) is 21.9 Å². The summed E-state index contributed by atoms with van der Waals surface area (Å²) < 4.78 is 58.8. The van der Waals surface area contributed by atoms with Crippen LogP contribution in [0.3, 0.4) is 0 Å². The van der Waals surface area contributed by atoms with Crippen molar-refractivity contribution < 1.29 is 21.9 Å². The molecule has 2 rings (SSSR count). The smallest absolute Gasteiger partial charge is 0.246 e. The van der Waals surface area contributed by atoms with E-state index in [1.807, 2.05) is 19.1 Å². The highest BCUT2D eigenvalue weighted by Gasteiger charge is 2.25. The number of nitrogens with one attached hydrogen (secondary N) is 1. The summed E-state index contributed by atoms with van der Waals surface area (Å²) in [5, 5.41) is 0. The SMILES string of the molecule is COC(CNS(=O)(=O)c1c(F)cccc1F)c1ccc(C)s1. The molecule has 1 unspecified atom stereocenters. The number of thiophene rings is 1. The average molecular weight is 347 g/mol. The lowest BCUT2D eigenvalue weighted by molar-refractivity contribution is 0.110. The fourth-order valence-corrected chi connectivity index (χ4v) is 4.04. The van der Waals surface area contributed by atoms with E-state index in [2.05, 4.69) is 4.72 Å². The van der Waals surface area contributed by atoms with E-state index in [4.69, 9.17) is 4.74 Å². The number of methoxy groups -OCH3 is 1. The van der Waals surface area contributed by atoms with Crippen LogP contribution in [0.2, 0.25) is 0 Å². The Hall–Kier alpha value is -1.35. The Morgan fingerprint density at radius 3 is 2.36 bits per heavy atom. The normalized spacial score (nSPS) is 13.3. The van der Waals surface area contributed by atoms with E-state index in [0.717, 1.165) is 28.0 Å². The Balaban J connectivity index is 2.19. The monoisotopic (exact) mass is 347 g/mol. The number of aryl methyl sites for hydroxylation is 1.